The lowest BCUT2D eigenvalue weighted by molar-refractivity contribution is -0.113. The summed E-state index contributed by atoms with van der Waals surface area (Å²) in [5.74, 6) is 0.904. The highest BCUT2D eigenvalue weighted by atomic mass is 35.5. The van der Waals surface area contributed by atoms with Crippen LogP contribution in [0.4, 0.5) is 5.69 Å². The number of carbonyl (C=O) groups is 1. The van der Waals surface area contributed by atoms with Crippen LogP contribution in [-0.2, 0) is 11.8 Å². The van der Waals surface area contributed by atoms with Crippen molar-refractivity contribution in [3.8, 4) is 22.5 Å². The van der Waals surface area contributed by atoms with E-state index < -0.39 is 0 Å². The number of amides is 1. The summed E-state index contributed by atoms with van der Waals surface area (Å²) >= 11 is 9.10. The molecule has 0 fully saturated rings. The van der Waals surface area contributed by atoms with E-state index in [-0.39, 0.29) is 11.7 Å². The number of thioether (sulfide) groups is 1. The van der Waals surface area contributed by atoms with E-state index in [0.717, 1.165) is 28.2 Å². The van der Waals surface area contributed by atoms with Gasteiger partial charge in [0, 0.05) is 39.1 Å². The van der Waals surface area contributed by atoms with Gasteiger partial charge in [-0.1, -0.05) is 59.3 Å². The second-order valence-electron chi connectivity index (χ2n) is 7.61. The Morgan fingerprint density at radius 3 is 2.62 bits per heavy atom. The molecule has 2 aromatic carbocycles. The first-order valence-corrected chi connectivity index (χ1v) is 12.3. The van der Waals surface area contributed by atoms with Gasteiger partial charge < -0.3 is 9.88 Å². The molecule has 0 unspecified atom stereocenters. The number of nitrogens with one attached hydrogen (secondary N) is 1. The maximum atomic E-state index is 12.5. The second-order valence-corrected chi connectivity index (χ2v) is 10.1. The SMILES string of the molecule is Cc1ccc(-c2c(-c3nnc(SCC(=O)Nc4cc(Cl)ccc4C)n3C)csc2C)cc1. The Kier molecular flexibility index (Phi) is 6.69. The molecular weight excluding hydrogens is 460 g/mol. The van der Waals surface area contributed by atoms with Crippen molar-refractivity contribution in [1.82, 2.24) is 14.8 Å². The molecule has 0 bridgehead atoms. The van der Waals surface area contributed by atoms with Crippen LogP contribution in [0.15, 0.2) is 53.0 Å². The van der Waals surface area contributed by atoms with E-state index in [9.17, 15) is 4.79 Å². The van der Waals surface area contributed by atoms with Crippen LogP contribution in [0.3, 0.4) is 0 Å². The van der Waals surface area contributed by atoms with E-state index >= 15 is 0 Å². The highest BCUT2D eigenvalue weighted by molar-refractivity contribution is 7.99. The molecule has 0 spiro atoms. The molecular formula is C24H23ClN4OS2. The zero-order valence-corrected chi connectivity index (χ0v) is 20.7. The summed E-state index contributed by atoms with van der Waals surface area (Å²) in [7, 11) is 1.93. The van der Waals surface area contributed by atoms with Crippen molar-refractivity contribution < 1.29 is 4.79 Å². The van der Waals surface area contributed by atoms with Crippen LogP contribution in [0, 0.1) is 20.8 Å². The summed E-state index contributed by atoms with van der Waals surface area (Å²) in [6.07, 6.45) is 0. The highest BCUT2D eigenvalue weighted by Crippen LogP contribution is 2.39. The lowest BCUT2D eigenvalue weighted by atomic mass is 10.0. The molecule has 0 aliphatic carbocycles. The molecule has 0 saturated carbocycles. The van der Waals surface area contributed by atoms with Crippen LogP contribution in [0.5, 0.6) is 0 Å². The van der Waals surface area contributed by atoms with E-state index in [0.29, 0.717) is 10.2 Å². The first kappa shape index (κ1) is 22.6. The minimum Gasteiger partial charge on any atom is -0.325 e. The average molecular weight is 483 g/mol. The smallest absolute Gasteiger partial charge is 0.234 e. The molecule has 0 saturated heterocycles. The first-order chi connectivity index (χ1) is 15.3. The Morgan fingerprint density at radius 1 is 1.12 bits per heavy atom. The van der Waals surface area contributed by atoms with Crippen molar-refractivity contribution in [3.63, 3.8) is 0 Å². The summed E-state index contributed by atoms with van der Waals surface area (Å²) < 4.78 is 1.95. The van der Waals surface area contributed by atoms with Gasteiger partial charge in [0.05, 0.1) is 5.75 Å². The summed E-state index contributed by atoms with van der Waals surface area (Å²) in [6, 6.07) is 14.0. The minimum absolute atomic E-state index is 0.114. The van der Waals surface area contributed by atoms with Gasteiger partial charge in [0.1, 0.15) is 0 Å². The van der Waals surface area contributed by atoms with Gasteiger partial charge in [-0.25, -0.2) is 0 Å². The largest absolute Gasteiger partial charge is 0.325 e. The Morgan fingerprint density at radius 2 is 1.88 bits per heavy atom. The number of aryl methyl sites for hydroxylation is 3. The number of thiophene rings is 1. The van der Waals surface area contributed by atoms with Crippen LogP contribution in [0.1, 0.15) is 16.0 Å². The third kappa shape index (κ3) is 4.75. The molecule has 164 valence electrons. The fraction of sp³-hybridized carbons (Fsp3) is 0.208. The Bertz CT molecular complexity index is 1280. The van der Waals surface area contributed by atoms with Crippen LogP contribution < -0.4 is 5.32 Å². The lowest BCUT2D eigenvalue weighted by Gasteiger charge is -2.09. The molecule has 2 heterocycles. The third-order valence-corrected chi connectivity index (χ3v) is 7.36. The van der Waals surface area contributed by atoms with Crippen molar-refractivity contribution in [2.75, 3.05) is 11.1 Å². The molecule has 4 rings (SSSR count). The monoisotopic (exact) mass is 482 g/mol. The molecule has 5 nitrogen and oxygen atoms in total. The molecule has 8 heteroatoms. The molecule has 0 radical (unpaired) electrons. The Hall–Kier alpha value is -2.61. The van der Waals surface area contributed by atoms with E-state index in [4.69, 9.17) is 11.6 Å². The maximum Gasteiger partial charge on any atom is 0.234 e. The number of hydrogen-bond acceptors (Lipinski definition) is 5. The molecule has 2 aromatic heterocycles. The molecule has 1 N–H and O–H groups in total. The predicted octanol–water partition coefficient (Wildman–Crippen LogP) is 6.52. The van der Waals surface area contributed by atoms with Crippen LogP contribution in [0.2, 0.25) is 5.02 Å². The van der Waals surface area contributed by atoms with Gasteiger partial charge in [0.25, 0.3) is 0 Å². The van der Waals surface area contributed by atoms with Gasteiger partial charge in [-0.15, -0.1) is 21.5 Å². The van der Waals surface area contributed by atoms with Gasteiger partial charge in [-0.05, 0) is 44.0 Å². The lowest BCUT2D eigenvalue weighted by Crippen LogP contribution is -2.15. The zero-order valence-electron chi connectivity index (χ0n) is 18.3. The normalized spacial score (nSPS) is 11.0. The number of aromatic nitrogens is 3. The van der Waals surface area contributed by atoms with E-state index in [1.807, 2.05) is 24.6 Å². The standard InChI is InChI=1S/C24H23ClN4OS2/c1-14-5-8-17(9-6-14)22-16(3)31-12-19(22)23-27-28-24(29(23)4)32-13-21(30)26-20-11-18(25)10-7-15(20)2/h5-12H,13H2,1-4H3,(H,26,30). The van der Waals surface area contributed by atoms with Crippen LogP contribution in [0.25, 0.3) is 22.5 Å². The third-order valence-electron chi connectivity index (χ3n) is 5.20. The van der Waals surface area contributed by atoms with Crippen molar-refractivity contribution in [3.05, 3.63) is 68.9 Å². The molecule has 4 aromatic rings. The van der Waals surface area contributed by atoms with Gasteiger partial charge in [-0.3, -0.25) is 4.79 Å². The van der Waals surface area contributed by atoms with Crippen molar-refractivity contribution in [2.24, 2.45) is 7.05 Å². The number of halogens is 1. The fourth-order valence-corrected chi connectivity index (χ4v) is 5.17. The van der Waals surface area contributed by atoms with E-state index in [2.05, 4.69) is 59.0 Å². The molecule has 1 amide bonds. The van der Waals surface area contributed by atoms with Gasteiger partial charge in [0.2, 0.25) is 5.91 Å². The summed E-state index contributed by atoms with van der Waals surface area (Å²) in [5, 5.41) is 15.1. The quantitative estimate of drug-likeness (QED) is 0.318. The number of rotatable bonds is 6. The molecule has 32 heavy (non-hydrogen) atoms. The average Bonchev–Trinajstić information content (AvgIpc) is 3.32. The topological polar surface area (TPSA) is 59.8 Å². The zero-order chi connectivity index (χ0) is 22.8. The van der Waals surface area contributed by atoms with E-state index in [1.54, 1.807) is 23.5 Å². The van der Waals surface area contributed by atoms with Crippen LogP contribution >= 0.6 is 34.7 Å². The number of carbonyl (C=O) groups excluding carboxylic acids is 1. The fourth-order valence-electron chi connectivity index (χ4n) is 3.42. The first-order valence-electron chi connectivity index (χ1n) is 10.1. The maximum absolute atomic E-state index is 12.5. The number of nitrogens with zero attached hydrogens (tertiary/aromatic N) is 3. The Labute approximate surface area is 200 Å². The summed E-state index contributed by atoms with van der Waals surface area (Å²) in [6.45, 7) is 6.14. The number of anilines is 1. The highest BCUT2D eigenvalue weighted by Gasteiger charge is 2.19. The molecule has 0 aliphatic rings. The summed E-state index contributed by atoms with van der Waals surface area (Å²) in [5.41, 5.74) is 6.31. The second kappa shape index (κ2) is 9.48. The van der Waals surface area contributed by atoms with Crippen molar-refractivity contribution in [2.45, 2.75) is 25.9 Å². The van der Waals surface area contributed by atoms with Crippen LogP contribution in [-0.4, -0.2) is 26.4 Å². The van der Waals surface area contributed by atoms with Gasteiger partial charge >= 0.3 is 0 Å². The minimum atomic E-state index is -0.114. The summed E-state index contributed by atoms with van der Waals surface area (Å²) in [4.78, 5) is 13.7. The molecule has 0 atom stereocenters. The van der Waals surface area contributed by atoms with Gasteiger partial charge in [-0.2, -0.15) is 0 Å². The number of hydrogen-bond donors (Lipinski definition) is 1. The van der Waals surface area contributed by atoms with Gasteiger partial charge in [0.15, 0.2) is 11.0 Å². The van der Waals surface area contributed by atoms with E-state index in [1.165, 1.54) is 27.8 Å². The Balaban J connectivity index is 1.52. The number of benzene rings is 2. The predicted molar refractivity (Wildman–Crippen MR) is 135 cm³/mol. The molecule has 0 aliphatic heterocycles. The van der Waals surface area contributed by atoms with Crippen molar-refractivity contribution >= 4 is 46.3 Å². The van der Waals surface area contributed by atoms with Crippen molar-refractivity contribution in [1.29, 1.82) is 0 Å².